The van der Waals surface area contributed by atoms with Crippen LogP contribution in [0.1, 0.15) is 6.42 Å². The Kier molecular flexibility index (Phi) is 36.8. The van der Waals surface area contributed by atoms with Gasteiger partial charge in [0.15, 0.2) is 94.4 Å². The molecule has 782 valence electrons. The Labute approximate surface area is 762 Å². The molecule has 0 radical (unpaired) electrons. The molecular formula is C75H122O60. The number of rotatable bonds is 29. The normalized spacial score (nSPS) is 54.6. The van der Waals surface area contributed by atoms with Crippen LogP contribution in [0.2, 0.25) is 0 Å². The van der Waals surface area contributed by atoms with E-state index >= 15 is 0 Å². The molecule has 59 atom stereocenters. The van der Waals surface area contributed by atoms with Gasteiger partial charge in [-0.15, -0.1) is 0 Å². The maximum atomic E-state index is 11.6. The van der Waals surface area contributed by atoms with Crippen LogP contribution in [0.5, 0.6) is 0 Å². The maximum absolute atomic E-state index is 11.6. The second-order valence-electron chi connectivity index (χ2n) is 35.1. The second kappa shape index (κ2) is 46.5. The molecule has 0 aliphatic carbocycles. The first-order valence-electron chi connectivity index (χ1n) is 43.7. The summed E-state index contributed by atoms with van der Waals surface area (Å²) in [4.78, 5) is 0. The van der Waals surface area contributed by atoms with Gasteiger partial charge in [0, 0.05) is 6.42 Å². The van der Waals surface area contributed by atoms with E-state index in [9.17, 15) is 158 Å². The third-order valence-electron chi connectivity index (χ3n) is 25.8. The van der Waals surface area contributed by atoms with Crippen LogP contribution in [0.25, 0.3) is 0 Å². The average molecular weight is 1980 g/mol. The predicted molar refractivity (Wildman–Crippen MR) is 401 cm³/mol. The van der Waals surface area contributed by atoms with Crippen LogP contribution in [0.4, 0.5) is 0 Å². The summed E-state index contributed by atoms with van der Waals surface area (Å²) in [5.41, 5.74) is 0. The predicted octanol–water partition coefficient (Wildman–Crippen LogP) is -23.1. The molecule has 0 aromatic carbocycles. The summed E-state index contributed by atoms with van der Waals surface area (Å²) in [6.07, 6.45) is -101. The van der Waals surface area contributed by atoms with E-state index in [1.54, 1.807) is 0 Å². The van der Waals surface area contributed by atoms with Crippen molar-refractivity contribution in [2.24, 2.45) is 0 Å². The number of aliphatic hydroxyl groups excluding tert-OH is 31. The molecule has 60 heteroatoms. The van der Waals surface area contributed by atoms with Gasteiger partial charge >= 0.3 is 0 Å². The third kappa shape index (κ3) is 23.7. The summed E-state index contributed by atoms with van der Waals surface area (Å²) < 4.78 is 163. The molecule has 14 unspecified atom stereocenters. The monoisotopic (exact) mass is 1980 g/mol. The van der Waals surface area contributed by atoms with Gasteiger partial charge in [0.2, 0.25) is 0 Å². The molecule has 15 aliphatic rings. The number of aliphatic hydroxyl groups is 31. The summed E-state index contributed by atoms with van der Waals surface area (Å²) in [5, 5.41) is 336. The lowest BCUT2D eigenvalue weighted by atomic mass is 10.0. The van der Waals surface area contributed by atoms with Gasteiger partial charge in [-0.05, 0) is 0 Å². The molecule has 0 amide bonds. The van der Waals surface area contributed by atoms with Crippen molar-refractivity contribution in [2.75, 3.05) is 99.1 Å². The maximum Gasteiger partial charge on any atom is 0.186 e. The minimum Gasteiger partial charge on any atom is -0.394 e. The fraction of sp³-hybridized carbons (Fsp3) is 1.00. The molecule has 15 saturated heterocycles. The summed E-state index contributed by atoms with van der Waals surface area (Å²) >= 11 is 0. The molecule has 15 fully saturated rings. The van der Waals surface area contributed by atoms with Gasteiger partial charge in [-0.3, -0.25) is 0 Å². The minimum atomic E-state index is -2.00. The van der Waals surface area contributed by atoms with Crippen molar-refractivity contribution in [1.82, 2.24) is 0 Å². The number of ether oxygens (including phenoxy) is 29. The molecule has 135 heavy (non-hydrogen) atoms. The van der Waals surface area contributed by atoms with Crippen molar-refractivity contribution >= 4 is 0 Å². The third-order valence-corrected chi connectivity index (χ3v) is 25.8. The number of hydrogen-bond donors (Lipinski definition) is 31. The first-order valence-corrected chi connectivity index (χ1v) is 43.7. The van der Waals surface area contributed by atoms with Crippen molar-refractivity contribution in [3.05, 3.63) is 0 Å². The Morgan fingerprint density at radius 2 is 0.333 bits per heavy atom. The highest BCUT2D eigenvalue weighted by Crippen LogP contribution is 2.39. The summed E-state index contributed by atoms with van der Waals surface area (Å²) in [6, 6.07) is 0. The Morgan fingerprint density at radius 1 is 0.163 bits per heavy atom. The van der Waals surface area contributed by atoms with Crippen LogP contribution in [0.3, 0.4) is 0 Å². The Morgan fingerprint density at radius 3 is 0.541 bits per heavy atom. The summed E-state index contributed by atoms with van der Waals surface area (Å²) in [5.74, 6) is 0. The van der Waals surface area contributed by atoms with Gasteiger partial charge in [-0.1, -0.05) is 0 Å². The Balaban J connectivity index is 0.434. The van der Waals surface area contributed by atoms with E-state index in [1.807, 2.05) is 0 Å². The average Bonchev–Trinajstić information content (AvgIpc) is 1.55. The second-order valence-corrected chi connectivity index (χ2v) is 35.1. The van der Waals surface area contributed by atoms with Crippen LogP contribution >= 0.6 is 0 Å². The molecule has 31 N–H and O–H groups in total. The fourth-order valence-electron chi connectivity index (χ4n) is 17.4. The lowest BCUT2D eigenvalue weighted by molar-refractivity contribution is -0.372. The molecular weight excluding hydrogens is 1860 g/mol. The zero-order valence-electron chi connectivity index (χ0n) is 71.1. The highest BCUT2D eigenvalue weighted by Gasteiger charge is 2.59. The molecule has 60 nitrogen and oxygen atoms in total. The lowest BCUT2D eigenvalue weighted by Gasteiger charge is -2.46. The largest absolute Gasteiger partial charge is 0.394 e. The molecule has 0 aromatic heterocycles. The van der Waals surface area contributed by atoms with Gasteiger partial charge in [0.05, 0.1) is 105 Å². The van der Waals surface area contributed by atoms with E-state index in [4.69, 9.17) is 137 Å². The lowest BCUT2D eigenvalue weighted by Crippen LogP contribution is -2.64. The molecule has 0 saturated carbocycles. The summed E-state index contributed by atoms with van der Waals surface area (Å²) in [6.45, 7) is -8.40. The highest BCUT2D eigenvalue weighted by molar-refractivity contribution is 5.00. The smallest absolute Gasteiger partial charge is 0.186 e. The topological polar surface area (TPSA) is 895 Å². The van der Waals surface area contributed by atoms with Crippen molar-refractivity contribution in [2.45, 2.75) is 369 Å². The van der Waals surface area contributed by atoms with Crippen molar-refractivity contribution in [1.29, 1.82) is 0 Å². The molecule has 15 heterocycles. The van der Waals surface area contributed by atoms with Crippen LogP contribution in [-0.4, -0.2) is 620 Å². The molecule has 0 aromatic rings. The van der Waals surface area contributed by atoms with E-state index in [-0.39, 0.29) is 6.42 Å². The van der Waals surface area contributed by atoms with Gasteiger partial charge in [-0.25, -0.2) is 0 Å². The van der Waals surface area contributed by atoms with E-state index in [1.165, 1.54) is 0 Å². The zero-order valence-corrected chi connectivity index (χ0v) is 71.1. The first kappa shape index (κ1) is 107. The fourth-order valence-corrected chi connectivity index (χ4v) is 17.4. The SMILES string of the molecule is OC[C@@H]1O[C@@H](O[C@@H]2C(O)[C@H](O[C@@H]3CO[C@H](O[C@@H]4CO[C@H](O[C@@H]5CO[C@H](O[C@@H]6CO[C@H](O[C@@H]7CO[C@H](O[C@@H]8CO[C@H](O[C@@H]9CO[C@H](O[C@@H]%10CO[C@H](O[C@@H]%11CO[C@H](O[C@@H]%12CO[C@H](O[C@@H]%13CO[C@@H](O[C@@H]%14CO[C@@H](O)C(O)[C@H]%14O)C(O)[C@H]%13O)C(O)[C@H]%12O)C(O)[C@H]%11O)C(O)[C@H]%10O)C(O)[C@H]9O)C(O)[C@H]8O)C(O)[C@H]7O)C(O)[C@H]6O)C(O)[C@H]5O)C(O)[C@H]4O)C(O)[C@H]3O)OC[C@H]2O[C@@H]2OC[C@@H](O)[C@H](O)C2O)C[C@@H]1O. The van der Waals surface area contributed by atoms with E-state index < -0.39 is 462 Å². The van der Waals surface area contributed by atoms with Crippen molar-refractivity contribution < 1.29 is 296 Å². The zero-order chi connectivity index (χ0) is 96.9. The van der Waals surface area contributed by atoms with Gasteiger partial charge in [0.25, 0.3) is 0 Å². The quantitative estimate of drug-likeness (QED) is 0.0331. The van der Waals surface area contributed by atoms with Gasteiger partial charge < -0.3 is 296 Å². The molecule has 15 aliphatic heterocycles. The standard InChI is InChI=1S/C75H122O60/c76-2-19-17(77)1-33(121-19)135-61-32(134-63-48(93)34(79)18(78)3-108-63)16-120-75(60(61)105)133-31-15-119-74(59(104)46(31)91)132-30-14-118-73(58(103)45(30)90)131-29-13-117-72(57(102)44(29)89)130-28-12-116-71(56(101)43(28)88)129-27-11-115-70(55(100)42(27)87)128-26-10-114-69(54(99)41(26)86)127-25-9-113-68(53(98)40(25)85)126-24-8-112-67(52(97)39(24)84)125-23-7-111-66(51(96)38(23)83)124-22-6-110-65(50(95)37(22)82)123-21-5-109-64(49(94)36(21)81)122-20-4-107-62(106)47(92)35(20)80/h17-106H,1-16H2/t17-,18+,19-,20+,21+,22+,23+,24+,25+,26+,27+,28+,29+,30+,31+,32+,33-,34-,35-,36-,37-,38-,39-,40-,41-,42-,43-,44-,45-,46-,47?,48?,49?,50?,51?,52?,53?,54?,55?,56?,57?,58?,59?,60?,61-,62+,63-,64-,65+,66+,67+,68+,69+,70+,71+,72+,73+,74+,75-/m0/s1. The molecule has 0 spiro atoms. The van der Waals surface area contributed by atoms with Crippen LogP contribution in [0, 0.1) is 0 Å². The Bertz CT molecular complexity index is 3540. The molecule has 15 rings (SSSR count). The first-order chi connectivity index (χ1) is 64.3. The van der Waals surface area contributed by atoms with E-state index in [0.29, 0.717) is 0 Å². The van der Waals surface area contributed by atoms with Gasteiger partial charge in [0.1, 0.15) is 262 Å². The van der Waals surface area contributed by atoms with E-state index in [2.05, 4.69) is 0 Å². The van der Waals surface area contributed by atoms with Crippen LogP contribution in [-0.2, 0) is 137 Å². The van der Waals surface area contributed by atoms with Crippen molar-refractivity contribution in [3.63, 3.8) is 0 Å². The van der Waals surface area contributed by atoms with Crippen LogP contribution < -0.4 is 0 Å². The molecule has 0 bridgehead atoms. The highest BCUT2D eigenvalue weighted by atomic mass is 16.8. The van der Waals surface area contributed by atoms with Crippen LogP contribution in [0.15, 0.2) is 0 Å². The minimum absolute atomic E-state index is 0.173. The summed E-state index contributed by atoms with van der Waals surface area (Å²) in [7, 11) is 0. The van der Waals surface area contributed by atoms with Gasteiger partial charge in [-0.2, -0.15) is 0 Å². The number of hydrogen-bond acceptors (Lipinski definition) is 60. The van der Waals surface area contributed by atoms with Crippen molar-refractivity contribution in [3.8, 4) is 0 Å². The Hall–Kier alpha value is -2.40. The van der Waals surface area contributed by atoms with E-state index in [0.717, 1.165) is 0 Å².